The van der Waals surface area contributed by atoms with Crippen LogP contribution in [0.4, 0.5) is 0 Å². The predicted molar refractivity (Wildman–Crippen MR) is 198 cm³/mol. The highest BCUT2D eigenvalue weighted by Crippen LogP contribution is 2.58. The number of esters is 1. The van der Waals surface area contributed by atoms with Crippen LogP contribution in [0.3, 0.4) is 0 Å². The zero-order valence-electron chi connectivity index (χ0n) is 29.9. The molecule has 2 bridgehead atoms. The lowest BCUT2D eigenvalue weighted by atomic mass is 9.62. The fraction of sp³-hybridized carbons (Fsp3) is 0.615. The van der Waals surface area contributed by atoms with E-state index in [9.17, 15) is 14.7 Å². The third-order valence-electron chi connectivity index (χ3n) is 11.0. The molecule has 278 valence electrons. The Bertz CT molecular complexity index is 1500. The number of aliphatic hydroxyl groups is 1. The van der Waals surface area contributed by atoms with Crippen LogP contribution in [0, 0.1) is 8.99 Å². The Morgan fingerprint density at radius 2 is 1.65 bits per heavy atom. The van der Waals surface area contributed by atoms with Gasteiger partial charge in [-0.15, -0.1) is 0 Å². The Morgan fingerprint density at radius 3 is 2.29 bits per heavy atom. The van der Waals surface area contributed by atoms with Crippen molar-refractivity contribution in [3.8, 4) is 0 Å². The van der Waals surface area contributed by atoms with E-state index in [2.05, 4.69) is 41.8 Å². The summed E-state index contributed by atoms with van der Waals surface area (Å²) >= 11 is 2.25. The second-order valence-corrected chi connectivity index (χ2v) is 15.7. The minimum Gasteiger partial charge on any atom is -0.458 e. The molecule has 6 rings (SSSR count). The SMILES string of the molecule is CCCCCC1(CCCCC)O[C@@H]2[C@H]3ON(Cc4ccc(I)cc4)[C@H]4C(=O)OC(CC34C(=O)N(C)[C@H](Cc3ccccc3)C(=O)NCCO)[C@@H]2O1. The van der Waals surface area contributed by atoms with Gasteiger partial charge in [-0.2, -0.15) is 5.06 Å². The summed E-state index contributed by atoms with van der Waals surface area (Å²) in [6.45, 7) is 4.40. The summed E-state index contributed by atoms with van der Waals surface area (Å²) in [7, 11) is 1.62. The third kappa shape index (κ3) is 7.73. The molecule has 2 N–H and O–H groups in total. The zero-order valence-corrected chi connectivity index (χ0v) is 32.1. The third-order valence-corrected chi connectivity index (χ3v) is 11.7. The molecular weight excluding hydrogens is 765 g/mol. The minimum atomic E-state index is -1.41. The van der Waals surface area contributed by atoms with Crippen LogP contribution < -0.4 is 5.32 Å². The van der Waals surface area contributed by atoms with Gasteiger partial charge >= 0.3 is 5.97 Å². The van der Waals surface area contributed by atoms with E-state index in [0.29, 0.717) is 12.8 Å². The first-order valence-electron chi connectivity index (χ1n) is 18.6. The molecule has 3 aliphatic heterocycles. The quantitative estimate of drug-likeness (QED) is 0.130. The second-order valence-electron chi connectivity index (χ2n) is 14.5. The molecule has 4 aliphatic rings. The number of hydrogen-bond donors (Lipinski definition) is 2. The highest BCUT2D eigenvalue weighted by atomic mass is 127. The van der Waals surface area contributed by atoms with E-state index in [4.69, 9.17) is 19.0 Å². The van der Waals surface area contributed by atoms with Crippen molar-refractivity contribution in [3.63, 3.8) is 0 Å². The minimum absolute atomic E-state index is 0.0525. The average molecular weight is 818 g/mol. The summed E-state index contributed by atoms with van der Waals surface area (Å²) in [6.07, 6.45) is 5.03. The number of hydrogen-bond acceptors (Lipinski definition) is 9. The molecule has 12 heteroatoms. The first kappa shape index (κ1) is 38.1. The lowest BCUT2D eigenvalue weighted by molar-refractivity contribution is -0.225. The molecule has 2 aromatic carbocycles. The first-order valence-corrected chi connectivity index (χ1v) is 19.7. The highest BCUT2D eigenvalue weighted by Gasteiger charge is 2.76. The standard InChI is InChI=1S/C39H52IN3O8/c1-4-6-11-19-38(20-12-7-5-2)49-31-30-24-39(37(47)42(3)29(35(45)41-21-22-44)23-26-13-9-8-10-14-26)33(36(46)48-30)43(51-34(39)32(31)50-38)25-27-15-17-28(40)18-16-27/h8-10,13-18,29-34,44H,4-7,11-12,19-25H2,1-3H3,(H,41,45)/t29-,30?,31+,32+,33+,34-,39?/m1/s1. The lowest BCUT2D eigenvalue weighted by Crippen LogP contribution is -2.70. The van der Waals surface area contributed by atoms with Crippen molar-refractivity contribution in [2.24, 2.45) is 5.41 Å². The van der Waals surface area contributed by atoms with Gasteiger partial charge in [-0.1, -0.05) is 82.0 Å². The van der Waals surface area contributed by atoms with Gasteiger partial charge in [-0.3, -0.25) is 19.2 Å². The zero-order chi connectivity index (χ0) is 36.2. The number of ether oxygens (including phenoxy) is 3. The Hall–Kier alpha value is -2.62. The van der Waals surface area contributed by atoms with Crippen LogP contribution in [-0.2, 0) is 46.4 Å². The maximum Gasteiger partial charge on any atom is 0.327 e. The van der Waals surface area contributed by atoms with Crippen molar-refractivity contribution in [3.05, 3.63) is 69.3 Å². The monoisotopic (exact) mass is 817 g/mol. The molecule has 0 spiro atoms. The van der Waals surface area contributed by atoms with Crippen molar-refractivity contribution in [2.75, 3.05) is 20.2 Å². The van der Waals surface area contributed by atoms with Gasteiger partial charge in [0.1, 0.15) is 35.9 Å². The molecule has 2 aromatic rings. The smallest absolute Gasteiger partial charge is 0.327 e. The first-order chi connectivity index (χ1) is 24.7. The van der Waals surface area contributed by atoms with Crippen molar-refractivity contribution in [1.82, 2.24) is 15.3 Å². The van der Waals surface area contributed by atoms with Gasteiger partial charge in [0.05, 0.1) is 13.2 Å². The largest absolute Gasteiger partial charge is 0.458 e. The Labute approximate surface area is 314 Å². The fourth-order valence-electron chi connectivity index (χ4n) is 8.46. The van der Waals surface area contributed by atoms with Gasteiger partial charge in [0.2, 0.25) is 11.8 Å². The number of fused-ring (bicyclic) bond motifs is 4. The van der Waals surface area contributed by atoms with Crippen molar-refractivity contribution >= 4 is 40.4 Å². The molecule has 7 atom stereocenters. The molecule has 0 aromatic heterocycles. The van der Waals surface area contributed by atoms with Gasteiger partial charge in [-0.25, -0.2) is 0 Å². The number of rotatable bonds is 17. The van der Waals surface area contributed by atoms with E-state index in [-0.39, 0.29) is 44.4 Å². The van der Waals surface area contributed by atoms with Crippen molar-refractivity contribution in [2.45, 2.75) is 127 Å². The van der Waals surface area contributed by atoms with Crippen LogP contribution in [0.1, 0.15) is 82.8 Å². The molecule has 3 heterocycles. The number of likely N-dealkylation sites (N-methyl/N-ethyl adjacent to an activating group) is 1. The van der Waals surface area contributed by atoms with E-state index in [0.717, 1.165) is 53.2 Å². The van der Waals surface area contributed by atoms with Crippen LogP contribution in [0.15, 0.2) is 54.6 Å². The van der Waals surface area contributed by atoms with Gasteiger partial charge in [0.25, 0.3) is 0 Å². The highest BCUT2D eigenvalue weighted by molar-refractivity contribution is 14.1. The molecule has 11 nitrogen and oxygen atoms in total. The number of hydroxylamine groups is 2. The van der Waals surface area contributed by atoms with Crippen LogP contribution in [-0.4, -0.2) is 95.3 Å². The van der Waals surface area contributed by atoms with Gasteiger partial charge in [-0.05, 0) is 58.7 Å². The maximum atomic E-state index is 15.3. The molecule has 4 fully saturated rings. The number of carbonyl (C=O) groups excluding carboxylic acids is 3. The number of carbonyl (C=O) groups is 3. The summed E-state index contributed by atoms with van der Waals surface area (Å²) < 4.78 is 21.2. The summed E-state index contributed by atoms with van der Waals surface area (Å²) in [5.74, 6) is -2.18. The molecular formula is C39H52IN3O8. The normalized spacial score (nSPS) is 28.2. The van der Waals surface area contributed by atoms with Crippen LogP contribution in [0.25, 0.3) is 0 Å². The number of amides is 2. The van der Waals surface area contributed by atoms with Crippen LogP contribution >= 0.6 is 22.6 Å². The lowest BCUT2D eigenvalue weighted by Gasteiger charge is -2.50. The van der Waals surface area contributed by atoms with Crippen molar-refractivity contribution < 1.29 is 38.5 Å². The number of nitrogens with one attached hydrogen (secondary N) is 1. The number of nitrogens with zero attached hydrogens (tertiary/aromatic N) is 2. The molecule has 2 unspecified atom stereocenters. The summed E-state index contributed by atoms with van der Waals surface area (Å²) in [6, 6.07) is 15.5. The number of unbranched alkanes of at least 4 members (excludes halogenated alkanes) is 4. The topological polar surface area (TPSA) is 127 Å². The molecule has 1 saturated carbocycles. The van der Waals surface area contributed by atoms with Gasteiger partial charge in [0, 0.05) is 42.8 Å². The predicted octanol–water partition coefficient (Wildman–Crippen LogP) is 4.91. The molecule has 1 aliphatic carbocycles. The average Bonchev–Trinajstić information content (AvgIpc) is 3.69. The van der Waals surface area contributed by atoms with E-state index >= 15 is 4.79 Å². The van der Waals surface area contributed by atoms with Gasteiger partial charge in [0.15, 0.2) is 11.8 Å². The van der Waals surface area contributed by atoms with E-state index < -0.39 is 53.7 Å². The Balaban J connectivity index is 1.39. The van der Waals surface area contributed by atoms with Gasteiger partial charge < -0.3 is 29.5 Å². The Kier molecular flexibility index (Phi) is 12.4. The van der Waals surface area contributed by atoms with E-state index in [1.165, 1.54) is 4.90 Å². The number of benzene rings is 2. The fourth-order valence-corrected chi connectivity index (χ4v) is 8.82. The molecule has 51 heavy (non-hydrogen) atoms. The summed E-state index contributed by atoms with van der Waals surface area (Å²) in [5, 5.41) is 13.9. The van der Waals surface area contributed by atoms with E-state index in [1.54, 1.807) is 12.1 Å². The summed E-state index contributed by atoms with van der Waals surface area (Å²) in [5.41, 5.74) is 0.385. The molecule has 0 radical (unpaired) electrons. The number of aliphatic hydroxyl groups excluding tert-OH is 1. The van der Waals surface area contributed by atoms with Crippen LogP contribution in [0.2, 0.25) is 0 Å². The van der Waals surface area contributed by atoms with Crippen LogP contribution in [0.5, 0.6) is 0 Å². The number of halogens is 1. The molecule has 2 amide bonds. The Morgan fingerprint density at radius 1 is 0.980 bits per heavy atom. The molecule has 3 saturated heterocycles. The van der Waals surface area contributed by atoms with Crippen molar-refractivity contribution in [1.29, 1.82) is 0 Å². The summed E-state index contributed by atoms with van der Waals surface area (Å²) in [4.78, 5) is 51.6. The second kappa shape index (κ2) is 16.6. The maximum absolute atomic E-state index is 15.3. The van der Waals surface area contributed by atoms with E-state index in [1.807, 2.05) is 54.6 Å².